The van der Waals surface area contributed by atoms with Crippen LogP contribution in [-0.2, 0) is 6.54 Å². The van der Waals surface area contributed by atoms with E-state index < -0.39 is 0 Å². The third kappa shape index (κ3) is 1.45. The van der Waals surface area contributed by atoms with Crippen molar-refractivity contribution in [1.82, 2.24) is 20.2 Å². The average molecular weight is 167 g/mol. The van der Waals surface area contributed by atoms with E-state index >= 15 is 0 Å². The van der Waals surface area contributed by atoms with Crippen molar-refractivity contribution >= 4 is 0 Å². The first-order valence-corrected chi connectivity index (χ1v) is 4.28. The van der Waals surface area contributed by atoms with Crippen LogP contribution >= 0.6 is 0 Å². The summed E-state index contributed by atoms with van der Waals surface area (Å²) in [7, 11) is 0. The fourth-order valence-electron chi connectivity index (χ4n) is 1.50. The summed E-state index contributed by atoms with van der Waals surface area (Å²) in [5.74, 6) is 0. The number of nitrogens with two attached hydrogens (primary N) is 1. The van der Waals surface area contributed by atoms with E-state index in [4.69, 9.17) is 5.73 Å². The van der Waals surface area contributed by atoms with Crippen molar-refractivity contribution in [3.05, 3.63) is 6.33 Å². The van der Waals surface area contributed by atoms with E-state index in [-0.39, 0.29) is 5.54 Å². The molecule has 1 heterocycles. The van der Waals surface area contributed by atoms with Crippen molar-refractivity contribution in [2.24, 2.45) is 5.73 Å². The summed E-state index contributed by atoms with van der Waals surface area (Å²) < 4.78 is 1.73. The summed E-state index contributed by atoms with van der Waals surface area (Å²) in [5, 5.41) is 10.9. The minimum atomic E-state index is 0.0753. The molecule has 1 aromatic heterocycles. The van der Waals surface area contributed by atoms with Gasteiger partial charge in [-0.05, 0) is 36.1 Å². The Morgan fingerprint density at radius 3 is 2.83 bits per heavy atom. The molecule has 66 valence electrons. The lowest BCUT2D eigenvalue weighted by Gasteiger charge is -2.37. The molecule has 0 radical (unpaired) electrons. The SMILES string of the molecule is NC1(CCn2cnnn2)CCC1. The van der Waals surface area contributed by atoms with Crippen molar-refractivity contribution in [2.45, 2.75) is 37.8 Å². The number of tetrazole rings is 1. The van der Waals surface area contributed by atoms with E-state index in [0.717, 1.165) is 25.8 Å². The van der Waals surface area contributed by atoms with Crippen LogP contribution in [0, 0.1) is 0 Å². The highest BCUT2D eigenvalue weighted by atomic mass is 15.5. The number of aromatic nitrogens is 4. The molecule has 0 saturated heterocycles. The molecule has 0 bridgehead atoms. The Hall–Kier alpha value is -0.970. The fraction of sp³-hybridized carbons (Fsp3) is 0.857. The van der Waals surface area contributed by atoms with Gasteiger partial charge in [0.15, 0.2) is 0 Å². The Morgan fingerprint density at radius 2 is 2.33 bits per heavy atom. The van der Waals surface area contributed by atoms with Crippen molar-refractivity contribution in [2.75, 3.05) is 0 Å². The van der Waals surface area contributed by atoms with Crippen molar-refractivity contribution in [1.29, 1.82) is 0 Å². The Morgan fingerprint density at radius 1 is 1.50 bits per heavy atom. The van der Waals surface area contributed by atoms with Crippen LogP contribution in [0.1, 0.15) is 25.7 Å². The molecule has 2 rings (SSSR count). The first-order chi connectivity index (χ1) is 5.79. The fourth-order valence-corrected chi connectivity index (χ4v) is 1.50. The molecule has 5 nitrogen and oxygen atoms in total. The molecule has 0 unspecified atom stereocenters. The molecule has 1 aromatic rings. The molecule has 0 spiro atoms. The molecule has 1 aliphatic carbocycles. The third-order valence-corrected chi connectivity index (χ3v) is 2.58. The smallest absolute Gasteiger partial charge is 0.138 e. The average Bonchev–Trinajstić information content (AvgIpc) is 2.49. The monoisotopic (exact) mass is 167 g/mol. The minimum absolute atomic E-state index is 0.0753. The summed E-state index contributed by atoms with van der Waals surface area (Å²) in [5.41, 5.74) is 6.11. The van der Waals surface area contributed by atoms with E-state index in [0.29, 0.717) is 0 Å². The molecule has 0 atom stereocenters. The molecule has 1 aliphatic rings. The van der Waals surface area contributed by atoms with Crippen molar-refractivity contribution < 1.29 is 0 Å². The zero-order valence-corrected chi connectivity index (χ0v) is 6.98. The summed E-state index contributed by atoms with van der Waals surface area (Å²) in [4.78, 5) is 0. The van der Waals surface area contributed by atoms with Gasteiger partial charge in [0, 0.05) is 12.1 Å². The maximum atomic E-state index is 6.04. The quantitative estimate of drug-likeness (QED) is 0.685. The van der Waals surface area contributed by atoms with E-state index in [1.54, 1.807) is 11.0 Å². The van der Waals surface area contributed by atoms with Gasteiger partial charge in [0.2, 0.25) is 0 Å². The van der Waals surface area contributed by atoms with E-state index in [2.05, 4.69) is 15.5 Å². The highest BCUT2D eigenvalue weighted by molar-refractivity contribution is 4.91. The summed E-state index contributed by atoms with van der Waals surface area (Å²) >= 11 is 0. The second kappa shape index (κ2) is 2.82. The number of aryl methyl sites for hydroxylation is 1. The lowest BCUT2D eigenvalue weighted by Crippen LogP contribution is -2.47. The predicted octanol–water partition coefficient (Wildman–Crippen LogP) is -0.0554. The minimum Gasteiger partial charge on any atom is -0.325 e. The standard InChI is InChI=1S/C7H13N5/c8-7(2-1-3-7)4-5-12-6-9-10-11-12/h6H,1-5,8H2. The van der Waals surface area contributed by atoms with Crippen LogP contribution in [0.4, 0.5) is 0 Å². The van der Waals surface area contributed by atoms with Gasteiger partial charge in [0.25, 0.3) is 0 Å². The molecule has 12 heavy (non-hydrogen) atoms. The molecule has 0 aliphatic heterocycles. The Bertz CT molecular complexity index is 238. The molecule has 5 heteroatoms. The normalized spacial score (nSPS) is 20.4. The van der Waals surface area contributed by atoms with Gasteiger partial charge in [0.05, 0.1) is 0 Å². The van der Waals surface area contributed by atoms with Gasteiger partial charge in [-0.1, -0.05) is 0 Å². The largest absolute Gasteiger partial charge is 0.325 e. The van der Waals surface area contributed by atoms with Gasteiger partial charge in [-0.3, -0.25) is 0 Å². The summed E-state index contributed by atoms with van der Waals surface area (Å²) in [6.07, 6.45) is 6.18. The molecule has 2 N–H and O–H groups in total. The van der Waals surface area contributed by atoms with Crippen LogP contribution in [0.15, 0.2) is 6.33 Å². The number of nitrogens with zero attached hydrogens (tertiary/aromatic N) is 4. The van der Waals surface area contributed by atoms with E-state index in [9.17, 15) is 0 Å². The molecule has 1 saturated carbocycles. The van der Waals surface area contributed by atoms with Gasteiger partial charge in [-0.2, -0.15) is 0 Å². The highest BCUT2D eigenvalue weighted by Crippen LogP contribution is 2.32. The summed E-state index contributed by atoms with van der Waals surface area (Å²) in [6, 6.07) is 0. The van der Waals surface area contributed by atoms with Crippen LogP contribution < -0.4 is 5.73 Å². The van der Waals surface area contributed by atoms with E-state index in [1.807, 2.05) is 0 Å². The number of rotatable bonds is 3. The van der Waals surface area contributed by atoms with Crippen LogP contribution in [0.25, 0.3) is 0 Å². The van der Waals surface area contributed by atoms with E-state index in [1.165, 1.54) is 6.42 Å². The zero-order valence-electron chi connectivity index (χ0n) is 6.98. The number of hydrogen-bond acceptors (Lipinski definition) is 4. The maximum absolute atomic E-state index is 6.04. The van der Waals surface area contributed by atoms with Gasteiger partial charge < -0.3 is 5.73 Å². The second-order valence-electron chi connectivity index (χ2n) is 3.54. The molecular weight excluding hydrogens is 154 g/mol. The van der Waals surface area contributed by atoms with Crippen LogP contribution in [0.3, 0.4) is 0 Å². The van der Waals surface area contributed by atoms with Crippen LogP contribution in [0.5, 0.6) is 0 Å². The van der Waals surface area contributed by atoms with Gasteiger partial charge in [0.1, 0.15) is 6.33 Å². The van der Waals surface area contributed by atoms with Gasteiger partial charge in [-0.15, -0.1) is 5.10 Å². The highest BCUT2D eigenvalue weighted by Gasteiger charge is 2.31. The summed E-state index contributed by atoms with van der Waals surface area (Å²) in [6.45, 7) is 0.837. The second-order valence-corrected chi connectivity index (χ2v) is 3.54. The van der Waals surface area contributed by atoms with Gasteiger partial charge in [-0.25, -0.2) is 4.68 Å². The number of hydrogen-bond donors (Lipinski definition) is 1. The van der Waals surface area contributed by atoms with Crippen LogP contribution in [-0.4, -0.2) is 25.7 Å². The van der Waals surface area contributed by atoms with Crippen LogP contribution in [0.2, 0.25) is 0 Å². The zero-order chi connectivity index (χ0) is 8.44. The Balaban J connectivity index is 1.82. The lowest BCUT2D eigenvalue weighted by molar-refractivity contribution is 0.217. The predicted molar refractivity (Wildman–Crippen MR) is 43.2 cm³/mol. The Kier molecular flexibility index (Phi) is 1.80. The topological polar surface area (TPSA) is 69.6 Å². The van der Waals surface area contributed by atoms with Gasteiger partial charge >= 0.3 is 0 Å². The first-order valence-electron chi connectivity index (χ1n) is 4.28. The first kappa shape index (κ1) is 7.67. The van der Waals surface area contributed by atoms with Crippen molar-refractivity contribution in [3.63, 3.8) is 0 Å². The Labute approximate surface area is 70.9 Å². The molecule has 1 fully saturated rings. The molecule has 0 amide bonds. The maximum Gasteiger partial charge on any atom is 0.138 e. The molecule has 0 aromatic carbocycles. The van der Waals surface area contributed by atoms with Crippen molar-refractivity contribution in [3.8, 4) is 0 Å². The third-order valence-electron chi connectivity index (χ3n) is 2.58. The lowest BCUT2D eigenvalue weighted by atomic mass is 9.75. The molecular formula is C7H13N5.